The molecular weight excluding hydrogens is 257 g/mol. The molecule has 2 rings (SSSR count). The lowest BCUT2D eigenvalue weighted by Crippen LogP contribution is -2.41. The first kappa shape index (κ1) is 14.6. The Balaban J connectivity index is 2.08. The summed E-state index contributed by atoms with van der Waals surface area (Å²) in [5.41, 5.74) is 0.476. The van der Waals surface area contributed by atoms with Crippen LogP contribution in [0.2, 0.25) is 0 Å². The Morgan fingerprint density at radius 3 is 2.37 bits per heavy atom. The molecule has 0 atom stereocenters. The van der Waals surface area contributed by atoms with Crippen LogP contribution in [0.4, 0.5) is 0 Å². The topological polar surface area (TPSA) is 31.4 Å². The summed E-state index contributed by atoms with van der Waals surface area (Å²) < 4.78 is 11.8. The van der Waals surface area contributed by atoms with Gasteiger partial charge in [-0.05, 0) is 45.6 Å². The van der Waals surface area contributed by atoms with Gasteiger partial charge in [0.05, 0.1) is 11.2 Å². The van der Waals surface area contributed by atoms with Gasteiger partial charge in [0.2, 0.25) is 0 Å². The van der Waals surface area contributed by atoms with Crippen molar-refractivity contribution in [3.05, 3.63) is 30.0 Å². The van der Waals surface area contributed by atoms with Crippen LogP contribution < -0.4 is 0 Å². The summed E-state index contributed by atoms with van der Waals surface area (Å²) in [4.78, 5) is 5.35. The van der Waals surface area contributed by atoms with Crippen molar-refractivity contribution in [1.82, 2.24) is 4.98 Å². The summed E-state index contributed by atoms with van der Waals surface area (Å²) >= 11 is 1.68. The summed E-state index contributed by atoms with van der Waals surface area (Å²) in [7, 11) is -0.303. The molecule has 0 amide bonds. The minimum atomic E-state index is -0.303. The smallest absolute Gasteiger partial charge is 0.400 e. The molecule has 0 bridgehead atoms. The highest BCUT2D eigenvalue weighted by molar-refractivity contribution is 7.98. The molecule has 19 heavy (non-hydrogen) atoms. The fraction of sp³-hybridized carbons (Fsp3) is 0.500. The van der Waals surface area contributed by atoms with E-state index in [2.05, 4.69) is 38.7 Å². The van der Waals surface area contributed by atoms with E-state index in [4.69, 9.17) is 9.31 Å². The normalized spacial score (nSPS) is 21.2. The third-order valence-corrected chi connectivity index (χ3v) is 4.38. The number of rotatable bonds is 3. The molecule has 1 fully saturated rings. The van der Waals surface area contributed by atoms with Gasteiger partial charge in [0.1, 0.15) is 0 Å². The van der Waals surface area contributed by atoms with E-state index in [-0.39, 0.29) is 18.3 Å². The molecule has 1 aliphatic heterocycles. The first-order chi connectivity index (χ1) is 8.84. The van der Waals surface area contributed by atoms with Gasteiger partial charge in [-0.25, -0.2) is 0 Å². The molecule has 0 radical (unpaired) electrons. The molecule has 2 heterocycles. The van der Waals surface area contributed by atoms with Gasteiger partial charge < -0.3 is 9.31 Å². The molecule has 1 aromatic heterocycles. The number of thioether (sulfide) groups is 1. The third-order valence-electron chi connectivity index (χ3n) is 3.69. The number of hydrogen-bond acceptors (Lipinski definition) is 4. The quantitative estimate of drug-likeness (QED) is 0.625. The van der Waals surface area contributed by atoms with Crippen molar-refractivity contribution < 1.29 is 9.31 Å². The van der Waals surface area contributed by atoms with Crippen molar-refractivity contribution in [1.29, 1.82) is 0 Å². The lowest BCUT2D eigenvalue weighted by atomic mass is 9.89. The Kier molecular flexibility index (Phi) is 4.09. The van der Waals surface area contributed by atoms with Crippen molar-refractivity contribution >= 4 is 25.0 Å². The summed E-state index contributed by atoms with van der Waals surface area (Å²) in [6.45, 7) is 8.21. The second-order valence-corrected chi connectivity index (χ2v) is 6.52. The average Bonchev–Trinajstić information content (AvgIpc) is 2.56. The first-order valence-corrected chi connectivity index (χ1v) is 7.59. The van der Waals surface area contributed by atoms with Gasteiger partial charge in [0, 0.05) is 17.3 Å². The minimum Gasteiger partial charge on any atom is -0.400 e. The molecule has 0 aromatic carbocycles. The number of pyridine rings is 1. The monoisotopic (exact) mass is 277 g/mol. The second-order valence-electron chi connectivity index (χ2n) is 5.64. The zero-order valence-electron chi connectivity index (χ0n) is 12.1. The molecule has 5 heteroatoms. The molecule has 102 valence electrons. The maximum absolute atomic E-state index is 5.91. The zero-order valence-corrected chi connectivity index (χ0v) is 13.0. The van der Waals surface area contributed by atoms with Crippen LogP contribution in [0.5, 0.6) is 0 Å². The lowest BCUT2D eigenvalue weighted by Gasteiger charge is -2.32. The second kappa shape index (κ2) is 5.31. The van der Waals surface area contributed by atoms with Gasteiger partial charge in [-0.15, -0.1) is 11.8 Å². The predicted molar refractivity (Wildman–Crippen MR) is 81.1 cm³/mol. The highest BCUT2D eigenvalue weighted by Crippen LogP contribution is 2.37. The largest absolute Gasteiger partial charge is 0.487 e. The van der Waals surface area contributed by atoms with Crippen molar-refractivity contribution in [3.63, 3.8) is 0 Å². The SMILES string of the molecule is CSc1cncc(/C=C/B2OC(C)(C)C(C)(C)O2)c1. The summed E-state index contributed by atoms with van der Waals surface area (Å²) in [5.74, 6) is 1.94. The Morgan fingerprint density at radius 2 is 1.79 bits per heavy atom. The summed E-state index contributed by atoms with van der Waals surface area (Å²) in [5, 5.41) is 0. The van der Waals surface area contributed by atoms with E-state index in [1.807, 2.05) is 30.7 Å². The minimum absolute atomic E-state index is 0.290. The standard InChI is InChI=1S/C14H20BNO2S/c1-13(2)14(3,4)18-15(17-13)7-6-11-8-12(19-5)10-16-9-11/h6-10H,1-5H3/b7-6+. The fourth-order valence-electron chi connectivity index (χ4n) is 1.80. The van der Waals surface area contributed by atoms with Gasteiger partial charge in [-0.2, -0.15) is 0 Å². The number of nitrogens with zero attached hydrogens (tertiary/aromatic N) is 1. The van der Waals surface area contributed by atoms with E-state index in [0.717, 1.165) is 10.5 Å². The molecule has 0 N–H and O–H groups in total. The lowest BCUT2D eigenvalue weighted by molar-refractivity contribution is 0.00578. The van der Waals surface area contributed by atoms with Crippen molar-refractivity contribution in [2.24, 2.45) is 0 Å². The van der Waals surface area contributed by atoms with Crippen molar-refractivity contribution in [2.75, 3.05) is 6.26 Å². The van der Waals surface area contributed by atoms with Crippen LogP contribution in [0.1, 0.15) is 33.3 Å². The highest BCUT2D eigenvalue weighted by atomic mass is 32.2. The van der Waals surface area contributed by atoms with E-state index in [1.54, 1.807) is 11.8 Å². The molecule has 0 spiro atoms. The molecule has 3 nitrogen and oxygen atoms in total. The predicted octanol–water partition coefficient (Wildman–Crippen LogP) is 3.45. The Hall–Kier alpha value is -0.775. The van der Waals surface area contributed by atoms with Crippen LogP contribution in [0, 0.1) is 0 Å². The van der Waals surface area contributed by atoms with Gasteiger partial charge in [-0.3, -0.25) is 4.98 Å². The van der Waals surface area contributed by atoms with Gasteiger partial charge in [-0.1, -0.05) is 12.1 Å². The molecule has 0 aliphatic carbocycles. The Labute approximate surface area is 119 Å². The summed E-state index contributed by atoms with van der Waals surface area (Å²) in [6, 6.07) is 2.10. The summed E-state index contributed by atoms with van der Waals surface area (Å²) in [6.07, 6.45) is 7.73. The molecule has 1 aromatic rings. The number of aromatic nitrogens is 1. The Bertz CT molecular complexity index is 472. The van der Waals surface area contributed by atoms with E-state index in [9.17, 15) is 0 Å². The maximum Gasteiger partial charge on any atom is 0.487 e. The molecule has 0 saturated carbocycles. The van der Waals surface area contributed by atoms with E-state index in [0.29, 0.717) is 0 Å². The van der Waals surface area contributed by atoms with Crippen LogP contribution in [0.25, 0.3) is 6.08 Å². The molecule has 1 aliphatic rings. The van der Waals surface area contributed by atoms with Crippen molar-refractivity contribution in [3.8, 4) is 0 Å². The van der Waals surface area contributed by atoms with Crippen LogP contribution in [0.3, 0.4) is 0 Å². The van der Waals surface area contributed by atoms with E-state index in [1.165, 1.54) is 0 Å². The third kappa shape index (κ3) is 3.22. The van der Waals surface area contributed by atoms with E-state index < -0.39 is 0 Å². The molecular formula is C14H20BNO2S. The van der Waals surface area contributed by atoms with Crippen LogP contribution in [0.15, 0.2) is 29.3 Å². The van der Waals surface area contributed by atoms with Crippen LogP contribution in [-0.4, -0.2) is 29.6 Å². The number of hydrogen-bond donors (Lipinski definition) is 0. The van der Waals surface area contributed by atoms with Gasteiger partial charge in [0.15, 0.2) is 0 Å². The molecule has 1 saturated heterocycles. The van der Waals surface area contributed by atoms with Crippen molar-refractivity contribution in [2.45, 2.75) is 43.8 Å². The Morgan fingerprint density at radius 1 is 1.16 bits per heavy atom. The molecule has 0 unspecified atom stereocenters. The first-order valence-electron chi connectivity index (χ1n) is 6.37. The average molecular weight is 277 g/mol. The van der Waals surface area contributed by atoms with Crippen LogP contribution in [-0.2, 0) is 9.31 Å². The maximum atomic E-state index is 5.91. The highest BCUT2D eigenvalue weighted by Gasteiger charge is 2.49. The zero-order chi connectivity index (χ0) is 14.1. The van der Waals surface area contributed by atoms with E-state index >= 15 is 0 Å². The van der Waals surface area contributed by atoms with Gasteiger partial charge in [0.25, 0.3) is 0 Å². The van der Waals surface area contributed by atoms with Gasteiger partial charge >= 0.3 is 7.12 Å². The van der Waals surface area contributed by atoms with Crippen LogP contribution >= 0.6 is 11.8 Å². The fourth-order valence-corrected chi connectivity index (χ4v) is 2.22.